The zero-order valence-electron chi connectivity index (χ0n) is 11.2. The molecule has 1 heteroatoms. The summed E-state index contributed by atoms with van der Waals surface area (Å²) in [6.07, 6.45) is 0. The van der Waals surface area contributed by atoms with Crippen LogP contribution in [0.15, 0.2) is 60.7 Å². The lowest BCUT2D eigenvalue weighted by Gasteiger charge is -2.39. The van der Waals surface area contributed by atoms with Crippen molar-refractivity contribution in [3.63, 3.8) is 0 Å². The fourth-order valence-electron chi connectivity index (χ4n) is 2.78. The molecule has 0 bridgehead atoms. The summed E-state index contributed by atoms with van der Waals surface area (Å²) < 4.78 is 0. The van der Waals surface area contributed by atoms with E-state index in [0.29, 0.717) is 0 Å². The average Bonchev–Trinajstić information content (AvgIpc) is 2.45. The molecule has 19 heavy (non-hydrogen) atoms. The molecule has 3 rings (SSSR count). The van der Waals surface area contributed by atoms with Gasteiger partial charge < -0.3 is 0 Å². The maximum absolute atomic E-state index is 12.4. The molecule has 2 aromatic rings. The Morgan fingerprint density at radius 3 is 1.74 bits per heavy atom. The number of hydrogen-bond donors (Lipinski definition) is 0. The molecule has 0 radical (unpaired) electrons. The number of Topliss-reactive ketones (excluding diaryl/α,β-unsaturated/α-hetero) is 1. The molecule has 0 fully saturated rings. The third-order valence-electron chi connectivity index (χ3n) is 3.79. The Balaban J connectivity index is 2.22. The summed E-state index contributed by atoms with van der Waals surface area (Å²) in [7, 11) is 0. The van der Waals surface area contributed by atoms with E-state index in [2.05, 4.69) is 12.1 Å². The molecule has 94 valence electrons. The first-order valence-corrected chi connectivity index (χ1v) is 6.53. The number of carbonyl (C=O) groups excluding carboxylic acids is 1. The minimum absolute atomic E-state index is 0.234. The van der Waals surface area contributed by atoms with Crippen molar-refractivity contribution in [2.45, 2.75) is 13.8 Å². The lowest BCUT2D eigenvalue weighted by Crippen LogP contribution is -2.37. The van der Waals surface area contributed by atoms with Crippen LogP contribution >= 0.6 is 0 Å². The molecule has 0 spiro atoms. The molecule has 0 unspecified atom stereocenters. The van der Waals surface area contributed by atoms with Crippen LogP contribution in [-0.2, 0) is 4.79 Å². The molecule has 0 amide bonds. The average molecular weight is 248 g/mol. The van der Waals surface area contributed by atoms with E-state index in [9.17, 15) is 4.79 Å². The van der Waals surface area contributed by atoms with E-state index in [0.717, 1.165) is 22.3 Å². The Bertz CT molecular complexity index is 649. The van der Waals surface area contributed by atoms with Gasteiger partial charge in [-0.1, -0.05) is 60.7 Å². The first-order chi connectivity index (χ1) is 9.12. The first kappa shape index (κ1) is 11.9. The largest absolute Gasteiger partial charge is 0.293 e. The van der Waals surface area contributed by atoms with Crippen LogP contribution in [0.2, 0.25) is 0 Å². The highest BCUT2D eigenvalue weighted by molar-refractivity contribution is 6.42. The Kier molecular flexibility index (Phi) is 2.63. The standard InChI is InChI=1S/C18H16O/c1-18(2)16(14-11-7-4-8-12-14)15(17(18)19)13-9-5-3-6-10-13/h3-12H,1-2H3. The van der Waals surface area contributed by atoms with Crippen LogP contribution in [0.4, 0.5) is 0 Å². The molecule has 0 atom stereocenters. The highest BCUT2D eigenvalue weighted by Gasteiger charge is 2.46. The minimum Gasteiger partial charge on any atom is -0.293 e. The number of ketones is 1. The van der Waals surface area contributed by atoms with Gasteiger partial charge in [-0.15, -0.1) is 0 Å². The van der Waals surface area contributed by atoms with Gasteiger partial charge in [-0.2, -0.15) is 0 Å². The van der Waals surface area contributed by atoms with Gasteiger partial charge in [-0.3, -0.25) is 4.79 Å². The molecule has 0 saturated carbocycles. The molecular weight excluding hydrogens is 232 g/mol. The van der Waals surface area contributed by atoms with Gasteiger partial charge in [-0.25, -0.2) is 0 Å². The molecule has 1 aliphatic carbocycles. The van der Waals surface area contributed by atoms with Gasteiger partial charge in [0.2, 0.25) is 0 Å². The lowest BCUT2D eigenvalue weighted by atomic mass is 9.61. The van der Waals surface area contributed by atoms with Crippen molar-refractivity contribution in [1.82, 2.24) is 0 Å². The lowest BCUT2D eigenvalue weighted by molar-refractivity contribution is -0.120. The topological polar surface area (TPSA) is 17.1 Å². The van der Waals surface area contributed by atoms with Crippen molar-refractivity contribution in [3.05, 3.63) is 71.8 Å². The van der Waals surface area contributed by atoms with E-state index in [1.54, 1.807) is 0 Å². The second-order valence-electron chi connectivity index (χ2n) is 5.44. The summed E-state index contributed by atoms with van der Waals surface area (Å²) in [6.45, 7) is 4.01. The van der Waals surface area contributed by atoms with E-state index < -0.39 is 0 Å². The van der Waals surface area contributed by atoms with Gasteiger partial charge in [0.25, 0.3) is 0 Å². The second-order valence-corrected chi connectivity index (χ2v) is 5.44. The smallest absolute Gasteiger partial charge is 0.173 e. The number of allylic oxidation sites excluding steroid dienone is 2. The molecule has 0 aliphatic heterocycles. The van der Waals surface area contributed by atoms with Crippen LogP contribution in [0.1, 0.15) is 25.0 Å². The number of rotatable bonds is 2. The summed E-state index contributed by atoms with van der Waals surface area (Å²) in [5, 5.41) is 0. The van der Waals surface area contributed by atoms with E-state index in [1.807, 2.05) is 62.4 Å². The van der Waals surface area contributed by atoms with Gasteiger partial charge in [-0.05, 0) is 30.5 Å². The Hall–Kier alpha value is -2.15. The molecule has 0 saturated heterocycles. The van der Waals surface area contributed by atoms with E-state index >= 15 is 0 Å². The van der Waals surface area contributed by atoms with Crippen LogP contribution in [-0.4, -0.2) is 5.78 Å². The monoisotopic (exact) mass is 248 g/mol. The highest BCUT2D eigenvalue weighted by Crippen LogP contribution is 2.52. The number of benzene rings is 2. The summed E-state index contributed by atoms with van der Waals surface area (Å²) >= 11 is 0. The summed E-state index contributed by atoms with van der Waals surface area (Å²) in [4.78, 5) is 12.4. The molecule has 2 aromatic carbocycles. The fraction of sp³-hybridized carbons (Fsp3) is 0.167. The van der Waals surface area contributed by atoms with Gasteiger partial charge >= 0.3 is 0 Å². The third kappa shape index (κ3) is 1.74. The normalized spacial score (nSPS) is 17.3. The van der Waals surface area contributed by atoms with E-state index in [-0.39, 0.29) is 11.2 Å². The van der Waals surface area contributed by atoms with Crippen molar-refractivity contribution in [1.29, 1.82) is 0 Å². The second kappa shape index (κ2) is 4.20. The van der Waals surface area contributed by atoms with Crippen molar-refractivity contribution < 1.29 is 4.79 Å². The van der Waals surface area contributed by atoms with Crippen LogP contribution in [0.3, 0.4) is 0 Å². The SMILES string of the molecule is CC1(C)C(=O)C(c2ccccc2)=C1c1ccccc1. The van der Waals surface area contributed by atoms with Crippen LogP contribution in [0.25, 0.3) is 11.1 Å². The van der Waals surface area contributed by atoms with Crippen molar-refractivity contribution in [2.75, 3.05) is 0 Å². The van der Waals surface area contributed by atoms with E-state index in [1.165, 1.54) is 0 Å². The van der Waals surface area contributed by atoms with Crippen molar-refractivity contribution in [2.24, 2.45) is 5.41 Å². The predicted molar refractivity (Wildman–Crippen MR) is 78.5 cm³/mol. The summed E-state index contributed by atoms with van der Waals surface area (Å²) in [5.41, 5.74) is 3.81. The predicted octanol–water partition coefficient (Wildman–Crippen LogP) is 4.21. The Morgan fingerprint density at radius 1 is 0.737 bits per heavy atom. The van der Waals surface area contributed by atoms with Crippen LogP contribution < -0.4 is 0 Å². The maximum Gasteiger partial charge on any atom is 0.173 e. The van der Waals surface area contributed by atoms with Crippen LogP contribution in [0, 0.1) is 5.41 Å². The van der Waals surface area contributed by atoms with Gasteiger partial charge in [0, 0.05) is 5.57 Å². The van der Waals surface area contributed by atoms with Crippen molar-refractivity contribution >= 4 is 16.9 Å². The van der Waals surface area contributed by atoms with E-state index in [4.69, 9.17) is 0 Å². The number of hydrogen-bond acceptors (Lipinski definition) is 1. The molecule has 0 N–H and O–H groups in total. The minimum atomic E-state index is -0.382. The Morgan fingerprint density at radius 2 is 1.21 bits per heavy atom. The van der Waals surface area contributed by atoms with Crippen molar-refractivity contribution in [3.8, 4) is 0 Å². The summed E-state index contributed by atoms with van der Waals surface area (Å²) in [5.74, 6) is 0.234. The first-order valence-electron chi connectivity index (χ1n) is 6.53. The highest BCUT2D eigenvalue weighted by atomic mass is 16.1. The zero-order chi connectivity index (χ0) is 13.5. The molecule has 1 aliphatic rings. The molecule has 1 nitrogen and oxygen atoms in total. The number of carbonyl (C=O) groups is 1. The van der Waals surface area contributed by atoms with Crippen LogP contribution in [0.5, 0.6) is 0 Å². The quantitative estimate of drug-likeness (QED) is 0.778. The molecule has 0 aromatic heterocycles. The zero-order valence-corrected chi connectivity index (χ0v) is 11.2. The van der Waals surface area contributed by atoms with Gasteiger partial charge in [0.1, 0.15) is 0 Å². The molecular formula is C18H16O. The third-order valence-corrected chi connectivity index (χ3v) is 3.79. The van der Waals surface area contributed by atoms with Gasteiger partial charge in [0.15, 0.2) is 5.78 Å². The van der Waals surface area contributed by atoms with Gasteiger partial charge in [0.05, 0.1) is 5.41 Å². The molecule has 0 heterocycles. The summed E-state index contributed by atoms with van der Waals surface area (Å²) in [6, 6.07) is 20.1. The maximum atomic E-state index is 12.4. The fourth-order valence-corrected chi connectivity index (χ4v) is 2.78. The Labute approximate surface area is 113 Å².